The molecule has 4 nitrogen and oxygen atoms in total. The maximum atomic E-state index is 12.0. The van der Waals surface area contributed by atoms with E-state index in [1.54, 1.807) is 12.1 Å². The number of nitrogens with one attached hydrogen (secondary N) is 1. The summed E-state index contributed by atoms with van der Waals surface area (Å²) in [4.78, 5) is 23.6. The summed E-state index contributed by atoms with van der Waals surface area (Å²) < 4.78 is 5.62. The molecule has 0 bridgehead atoms. The van der Waals surface area contributed by atoms with E-state index < -0.39 is 0 Å². The summed E-state index contributed by atoms with van der Waals surface area (Å²) in [6.07, 6.45) is 6.05. The largest absolute Gasteiger partial charge is 0.494 e. The van der Waals surface area contributed by atoms with Crippen molar-refractivity contribution in [1.29, 1.82) is 0 Å². The van der Waals surface area contributed by atoms with Gasteiger partial charge in [0.2, 0.25) is 5.91 Å². The predicted molar refractivity (Wildman–Crippen MR) is 86.2 cm³/mol. The summed E-state index contributed by atoms with van der Waals surface area (Å²) in [5.74, 6) is 0.773. The lowest BCUT2D eigenvalue weighted by Gasteiger charge is -2.07. The van der Waals surface area contributed by atoms with Crippen molar-refractivity contribution in [1.82, 2.24) is 5.32 Å². The van der Waals surface area contributed by atoms with Crippen molar-refractivity contribution >= 4 is 11.7 Å². The zero-order valence-electron chi connectivity index (χ0n) is 13.3. The van der Waals surface area contributed by atoms with Crippen LogP contribution >= 0.6 is 0 Å². The van der Waals surface area contributed by atoms with Gasteiger partial charge in [0.1, 0.15) is 5.75 Å². The average Bonchev–Trinajstić information content (AvgIpc) is 3.34. The Hall–Kier alpha value is -1.84. The quantitative estimate of drug-likeness (QED) is 0.531. The molecule has 4 heteroatoms. The van der Waals surface area contributed by atoms with Crippen LogP contribution in [-0.2, 0) is 4.79 Å². The Morgan fingerprint density at radius 2 is 1.86 bits per heavy atom. The van der Waals surface area contributed by atoms with Crippen LogP contribution in [0.25, 0.3) is 0 Å². The van der Waals surface area contributed by atoms with E-state index in [0.29, 0.717) is 18.2 Å². The highest BCUT2D eigenvalue weighted by Gasteiger charge is 2.23. The lowest BCUT2D eigenvalue weighted by molar-refractivity contribution is -0.121. The van der Waals surface area contributed by atoms with Gasteiger partial charge in [0, 0.05) is 24.4 Å². The molecule has 0 aliphatic heterocycles. The fraction of sp³-hybridized carbons (Fsp3) is 0.556. The van der Waals surface area contributed by atoms with Crippen molar-refractivity contribution in [2.24, 2.45) is 0 Å². The zero-order chi connectivity index (χ0) is 15.8. The highest BCUT2D eigenvalue weighted by atomic mass is 16.5. The molecular formula is C18H25NO3. The smallest absolute Gasteiger partial charge is 0.220 e. The fourth-order valence-corrected chi connectivity index (χ4v) is 2.18. The normalized spacial score (nSPS) is 13.7. The number of carbonyl (C=O) groups is 2. The Morgan fingerprint density at radius 1 is 1.14 bits per heavy atom. The van der Waals surface area contributed by atoms with E-state index in [2.05, 4.69) is 12.2 Å². The van der Waals surface area contributed by atoms with Crippen LogP contribution in [0.3, 0.4) is 0 Å². The molecule has 1 aliphatic carbocycles. The van der Waals surface area contributed by atoms with Crippen molar-refractivity contribution in [2.45, 2.75) is 57.9 Å². The third-order valence-electron chi connectivity index (χ3n) is 3.71. The van der Waals surface area contributed by atoms with Crippen molar-refractivity contribution in [3.05, 3.63) is 29.8 Å². The number of amides is 1. The first kappa shape index (κ1) is 16.5. The summed E-state index contributed by atoms with van der Waals surface area (Å²) in [6.45, 7) is 2.87. The lowest BCUT2D eigenvalue weighted by Crippen LogP contribution is -2.25. The first-order valence-corrected chi connectivity index (χ1v) is 8.24. The van der Waals surface area contributed by atoms with Crippen LogP contribution in [0.1, 0.15) is 62.2 Å². The molecule has 0 saturated heterocycles. The summed E-state index contributed by atoms with van der Waals surface area (Å²) >= 11 is 0. The van der Waals surface area contributed by atoms with Gasteiger partial charge in [-0.05, 0) is 43.5 Å². The van der Waals surface area contributed by atoms with Crippen LogP contribution in [0.4, 0.5) is 0 Å². The van der Waals surface area contributed by atoms with Gasteiger partial charge in [-0.15, -0.1) is 0 Å². The van der Waals surface area contributed by atoms with Gasteiger partial charge >= 0.3 is 0 Å². The van der Waals surface area contributed by atoms with Gasteiger partial charge in [-0.1, -0.05) is 19.8 Å². The number of carbonyl (C=O) groups excluding carboxylic acids is 2. The van der Waals surface area contributed by atoms with Gasteiger partial charge in [0.25, 0.3) is 0 Å². The molecule has 0 heterocycles. The molecule has 0 unspecified atom stereocenters. The van der Waals surface area contributed by atoms with Crippen LogP contribution in [0, 0.1) is 0 Å². The zero-order valence-corrected chi connectivity index (χ0v) is 13.3. The highest BCUT2D eigenvalue weighted by Crippen LogP contribution is 2.19. The molecule has 22 heavy (non-hydrogen) atoms. The number of hydrogen-bond donors (Lipinski definition) is 1. The van der Waals surface area contributed by atoms with Gasteiger partial charge in [-0.25, -0.2) is 0 Å². The minimum Gasteiger partial charge on any atom is -0.494 e. The number of ketones is 1. The number of unbranched alkanes of at least 4 members (excludes halogenated alkanes) is 2. The lowest BCUT2D eigenvalue weighted by atomic mass is 10.1. The molecule has 1 N–H and O–H groups in total. The third kappa shape index (κ3) is 5.88. The number of Topliss-reactive ketones (excluding diaryl/α,β-unsaturated/α-hetero) is 1. The maximum absolute atomic E-state index is 12.0. The van der Waals surface area contributed by atoms with Crippen LogP contribution in [-0.4, -0.2) is 24.3 Å². The maximum Gasteiger partial charge on any atom is 0.220 e. The van der Waals surface area contributed by atoms with Crippen LogP contribution in [0.2, 0.25) is 0 Å². The molecule has 2 rings (SSSR count). The Labute approximate surface area is 132 Å². The van der Waals surface area contributed by atoms with Crippen molar-refractivity contribution < 1.29 is 14.3 Å². The van der Waals surface area contributed by atoms with Crippen molar-refractivity contribution in [3.63, 3.8) is 0 Å². The topological polar surface area (TPSA) is 55.4 Å². The minimum absolute atomic E-state index is 0.00322. The molecule has 1 aromatic carbocycles. The summed E-state index contributed by atoms with van der Waals surface area (Å²) in [5.41, 5.74) is 0.639. The molecule has 1 saturated carbocycles. The second-order valence-electron chi connectivity index (χ2n) is 5.84. The molecule has 1 aromatic rings. The molecule has 120 valence electrons. The molecule has 0 spiro atoms. The van der Waals surface area contributed by atoms with E-state index in [4.69, 9.17) is 4.74 Å². The number of benzene rings is 1. The first-order chi connectivity index (χ1) is 10.7. The predicted octanol–water partition coefficient (Wildman–Crippen LogP) is 3.50. The second-order valence-corrected chi connectivity index (χ2v) is 5.84. The Kier molecular flexibility index (Phi) is 6.44. The molecule has 1 amide bonds. The standard InChI is InChI=1S/C18H25NO3/c1-2-3-4-13-22-16-9-5-14(6-10-16)17(20)11-12-18(21)19-15-7-8-15/h5-6,9-10,15H,2-4,7-8,11-13H2,1H3,(H,19,21). The van der Waals surface area contributed by atoms with E-state index in [9.17, 15) is 9.59 Å². The molecule has 1 aliphatic rings. The Balaban J connectivity index is 1.71. The van der Waals surface area contributed by atoms with E-state index in [-0.39, 0.29) is 24.5 Å². The second kappa shape index (κ2) is 8.57. The van der Waals surface area contributed by atoms with Gasteiger partial charge < -0.3 is 10.1 Å². The molecule has 1 fully saturated rings. The number of hydrogen-bond acceptors (Lipinski definition) is 3. The first-order valence-electron chi connectivity index (χ1n) is 8.24. The fourth-order valence-electron chi connectivity index (χ4n) is 2.18. The number of rotatable bonds is 10. The van der Waals surface area contributed by atoms with Crippen molar-refractivity contribution in [3.8, 4) is 5.75 Å². The third-order valence-corrected chi connectivity index (χ3v) is 3.71. The molecular weight excluding hydrogens is 278 g/mol. The van der Waals surface area contributed by atoms with Crippen LogP contribution < -0.4 is 10.1 Å². The van der Waals surface area contributed by atoms with E-state index in [1.165, 1.54) is 12.8 Å². The molecule has 0 atom stereocenters. The van der Waals surface area contributed by atoms with Gasteiger partial charge in [-0.2, -0.15) is 0 Å². The van der Waals surface area contributed by atoms with Gasteiger partial charge in [0.05, 0.1) is 6.61 Å². The van der Waals surface area contributed by atoms with E-state index in [0.717, 1.165) is 25.0 Å². The van der Waals surface area contributed by atoms with Gasteiger partial charge in [-0.3, -0.25) is 9.59 Å². The van der Waals surface area contributed by atoms with Gasteiger partial charge in [0.15, 0.2) is 5.78 Å². The summed E-state index contributed by atoms with van der Waals surface area (Å²) in [7, 11) is 0. The molecule has 0 radical (unpaired) electrons. The van der Waals surface area contributed by atoms with Crippen LogP contribution in [0.15, 0.2) is 24.3 Å². The van der Waals surface area contributed by atoms with E-state index >= 15 is 0 Å². The summed E-state index contributed by atoms with van der Waals surface area (Å²) in [5, 5.41) is 2.89. The van der Waals surface area contributed by atoms with E-state index in [1.807, 2.05) is 12.1 Å². The Bertz CT molecular complexity index is 492. The monoisotopic (exact) mass is 303 g/mol. The molecule has 0 aromatic heterocycles. The number of ether oxygens (including phenoxy) is 1. The Morgan fingerprint density at radius 3 is 2.50 bits per heavy atom. The minimum atomic E-state index is -0.0215. The van der Waals surface area contributed by atoms with Crippen molar-refractivity contribution in [2.75, 3.05) is 6.61 Å². The average molecular weight is 303 g/mol. The SMILES string of the molecule is CCCCCOc1ccc(C(=O)CCC(=O)NC2CC2)cc1. The highest BCUT2D eigenvalue weighted by molar-refractivity contribution is 5.98. The summed E-state index contributed by atoms with van der Waals surface area (Å²) in [6, 6.07) is 7.55. The van der Waals surface area contributed by atoms with Crippen LogP contribution in [0.5, 0.6) is 5.75 Å².